The summed E-state index contributed by atoms with van der Waals surface area (Å²) in [7, 11) is 0. The SMILES string of the molecule is CCNN=C(C)C=N. The van der Waals surface area contributed by atoms with Crippen molar-refractivity contribution in [3.05, 3.63) is 0 Å². The Morgan fingerprint density at radius 2 is 2.50 bits per heavy atom. The van der Waals surface area contributed by atoms with E-state index in [4.69, 9.17) is 5.41 Å². The van der Waals surface area contributed by atoms with Gasteiger partial charge in [0.2, 0.25) is 0 Å². The summed E-state index contributed by atoms with van der Waals surface area (Å²) in [5.74, 6) is 0. The van der Waals surface area contributed by atoms with Crippen molar-refractivity contribution >= 4 is 11.9 Å². The van der Waals surface area contributed by atoms with Gasteiger partial charge < -0.3 is 10.8 Å². The minimum Gasteiger partial charge on any atom is -0.310 e. The first kappa shape index (κ1) is 7.14. The first-order chi connectivity index (χ1) is 3.81. The molecule has 0 fully saturated rings. The van der Waals surface area contributed by atoms with E-state index in [0.29, 0.717) is 5.71 Å². The lowest BCUT2D eigenvalue weighted by Crippen LogP contribution is -2.07. The molecule has 46 valence electrons. The van der Waals surface area contributed by atoms with Crippen LogP contribution in [0.25, 0.3) is 0 Å². The normalized spacial score (nSPS) is 11.0. The van der Waals surface area contributed by atoms with Crippen molar-refractivity contribution in [2.45, 2.75) is 13.8 Å². The van der Waals surface area contributed by atoms with Crippen molar-refractivity contribution in [2.75, 3.05) is 6.54 Å². The Labute approximate surface area is 49.3 Å². The average molecular weight is 113 g/mol. The zero-order chi connectivity index (χ0) is 6.41. The number of rotatable bonds is 3. The molecular formula is C5H11N3. The quantitative estimate of drug-likeness (QED) is 0.409. The number of hydrazone groups is 1. The number of nitrogens with zero attached hydrogens (tertiary/aromatic N) is 1. The first-order valence-corrected chi connectivity index (χ1v) is 2.59. The van der Waals surface area contributed by atoms with Gasteiger partial charge in [0.1, 0.15) is 0 Å². The number of nitrogens with one attached hydrogen (secondary N) is 2. The molecule has 2 N–H and O–H groups in total. The van der Waals surface area contributed by atoms with E-state index in [-0.39, 0.29) is 0 Å². The highest BCUT2D eigenvalue weighted by molar-refractivity contribution is 6.28. The molecule has 3 heteroatoms. The molecule has 0 amide bonds. The van der Waals surface area contributed by atoms with E-state index in [1.807, 2.05) is 6.92 Å². The summed E-state index contributed by atoms with van der Waals surface area (Å²) in [6, 6.07) is 0. The Kier molecular flexibility index (Phi) is 3.84. The van der Waals surface area contributed by atoms with Crippen LogP contribution in [0, 0.1) is 5.41 Å². The van der Waals surface area contributed by atoms with Crippen molar-refractivity contribution in [1.29, 1.82) is 5.41 Å². The van der Waals surface area contributed by atoms with Gasteiger partial charge in [-0.25, -0.2) is 0 Å². The largest absolute Gasteiger partial charge is 0.310 e. The molecule has 0 aromatic rings. The van der Waals surface area contributed by atoms with Gasteiger partial charge in [-0.2, -0.15) is 5.10 Å². The highest BCUT2D eigenvalue weighted by Gasteiger charge is 1.76. The second-order valence-corrected chi connectivity index (χ2v) is 1.41. The van der Waals surface area contributed by atoms with Gasteiger partial charge >= 0.3 is 0 Å². The van der Waals surface area contributed by atoms with Gasteiger partial charge in [0.15, 0.2) is 0 Å². The van der Waals surface area contributed by atoms with Gasteiger partial charge in [0.25, 0.3) is 0 Å². The fourth-order valence-corrected chi connectivity index (χ4v) is 0.236. The van der Waals surface area contributed by atoms with Crippen LogP contribution in [0.4, 0.5) is 0 Å². The van der Waals surface area contributed by atoms with Crippen LogP contribution in [0.2, 0.25) is 0 Å². The second kappa shape index (κ2) is 4.30. The minimum absolute atomic E-state index is 0.701. The maximum Gasteiger partial charge on any atom is 0.0747 e. The predicted octanol–water partition coefficient (Wildman–Crippen LogP) is 0.621. The van der Waals surface area contributed by atoms with Crippen molar-refractivity contribution in [3.63, 3.8) is 0 Å². The van der Waals surface area contributed by atoms with Gasteiger partial charge in [-0.15, -0.1) is 0 Å². The average Bonchev–Trinajstić information content (AvgIpc) is 1.83. The first-order valence-electron chi connectivity index (χ1n) is 2.59. The second-order valence-electron chi connectivity index (χ2n) is 1.41. The Hall–Kier alpha value is -0.860. The lowest BCUT2D eigenvalue weighted by atomic mass is 10.5. The van der Waals surface area contributed by atoms with E-state index >= 15 is 0 Å². The molecule has 0 aliphatic carbocycles. The molecule has 0 atom stereocenters. The van der Waals surface area contributed by atoms with Crippen LogP contribution >= 0.6 is 0 Å². The molecule has 0 aromatic heterocycles. The Morgan fingerprint density at radius 1 is 1.88 bits per heavy atom. The third-order valence-electron chi connectivity index (χ3n) is 0.622. The summed E-state index contributed by atoms with van der Waals surface area (Å²) in [6.45, 7) is 4.54. The molecule has 0 heterocycles. The molecule has 0 rings (SSSR count). The number of hydrogen-bond donors (Lipinski definition) is 2. The van der Waals surface area contributed by atoms with Crippen LogP contribution in [0.3, 0.4) is 0 Å². The van der Waals surface area contributed by atoms with Crippen molar-refractivity contribution < 1.29 is 0 Å². The van der Waals surface area contributed by atoms with Gasteiger partial charge in [-0.1, -0.05) is 0 Å². The molecular weight excluding hydrogens is 102 g/mol. The zero-order valence-corrected chi connectivity index (χ0v) is 5.23. The van der Waals surface area contributed by atoms with E-state index in [9.17, 15) is 0 Å². The van der Waals surface area contributed by atoms with Crippen molar-refractivity contribution in [1.82, 2.24) is 5.43 Å². The van der Waals surface area contributed by atoms with Crippen LogP contribution in [-0.2, 0) is 0 Å². The topological polar surface area (TPSA) is 48.2 Å². The van der Waals surface area contributed by atoms with Gasteiger partial charge in [0.05, 0.1) is 5.71 Å². The highest BCUT2D eigenvalue weighted by Crippen LogP contribution is 1.65. The van der Waals surface area contributed by atoms with E-state index in [1.165, 1.54) is 6.21 Å². The zero-order valence-electron chi connectivity index (χ0n) is 5.23. The van der Waals surface area contributed by atoms with Crippen LogP contribution in [0.1, 0.15) is 13.8 Å². The fraction of sp³-hybridized carbons (Fsp3) is 0.600. The molecule has 0 saturated carbocycles. The maximum absolute atomic E-state index is 6.69. The number of hydrogen-bond acceptors (Lipinski definition) is 3. The maximum atomic E-state index is 6.69. The predicted molar refractivity (Wildman–Crippen MR) is 35.6 cm³/mol. The molecule has 0 unspecified atom stereocenters. The van der Waals surface area contributed by atoms with Crippen molar-refractivity contribution in [2.24, 2.45) is 5.10 Å². The fourth-order valence-electron chi connectivity index (χ4n) is 0.236. The minimum atomic E-state index is 0.701. The third kappa shape index (κ3) is 3.33. The Bertz CT molecular complexity index is 95.8. The van der Waals surface area contributed by atoms with Crippen LogP contribution < -0.4 is 5.43 Å². The summed E-state index contributed by atoms with van der Waals surface area (Å²) in [5.41, 5.74) is 3.44. The Balaban J connectivity index is 3.40. The molecule has 8 heavy (non-hydrogen) atoms. The highest BCUT2D eigenvalue weighted by atomic mass is 15.3. The van der Waals surface area contributed by atoms with E-state index in [0.717, 1.165) is 6.54 Å². The summed E-state index contributed by atoms with van der Waals surface area (Å²) < 4.78 is 0. The lowest BCUT2D eigenvalue weighted by molar-refractivity contribution is 0.784. The molecule has 0 spiro atoms. The lowest BCUT2D eigenvalue weighted by Gasteiger charge is -1.91. The molecule has 0 radical (unpaired) electrons. The summed E-state index contributed by atoms with van der Waals surface area (Å²) in [6.07, 6.45) is 1.21. The van der Waals surface area contributed by atoms with E-state index < -0.39 is 0 Å². The van der Waals surface area contributed by atoms with E-state index in [2.05, 4.69) is 10.5 Å². The summed E-state index contributed by atoms with van der Waals surface area (Å²) in [5, 5.41) is 10.5. The Morgan fingerprint density at radius 3 is 2.88 bits per heavy atom. The van der Waals surface area contributed by atoms with Gasteiger partial charge in [-0.05, 0) is 13.8 Å². The molecule has 0 aliphatic heterocycles. The molecule has 0 bridgehead atoms. The third-order valence-corrected chi connectivity index (χ3v) is 0.622. The summed E-state index contributed by atoms with van der Waals surface area (Å²) in [4.78, 5) is 0. The summed E-state index contributed by atoms with van der Waals surface area (Å²) >= 11 is 0. The van der Waals surface area contributed by atoms with Crippen molar-refractivity contribution in [3.8, 4) is 0 Å². The molecule has 3 nitrogen and oxygen atoms in total. The van der Waals surface area contributed by atoms with E-state index in [1.54, 1.807) is 6.92 Å². The van der Waals surface area contributed by atoms with Crippen LogP contribution in [-0.4, -0.2) is 18.5 Å². The van der Waals surface area contributed by atoms with Gasteiger partial charge in [-0.3, -0.25) is 0 Å². The smallest absolute Gasteiger partial charge is 0.0747 e. The van der Waals surface area contributed by atoms with Gasteiger partial charge in [0, 0.05) is 12.8 Å². The molecule has 0 aliphatic rings. The van der Waals surface area contributed by atoms with Crippen LogP contribution in [0.15, 0.2) is 5.10 Å². The molecule has 0 saturated heterocycles. The monoisotopic (exact) mass is 113 g/mol. The van der Waals surface area contributed by atoms with Crippen LogP contribution in [0.5, 0.6) is 0 Å². The standard InChI is InChI=1S/C5H11N3/c1-3-7-8-5(2)4-6/h4,6-7H,3H2,1-2H3. The molecule has 0 aromatic carbocycles.